The molecule has 0 fully saturated rings. The van der Waals surface area contributed by atoms with Crippen molar-refractivity contribution in [2.24, 2.45) is 0 Å². The van der Waals surface area contributed by atoms with Gasteiger partial charge in [0.25, 0.3) is 5.56 Å². The van der Waals surface area contributed by atoms with E-state index in [1.807, 2.05) is 0 Å². The molecule has 3 aromatic heterocycles. The van der Waals surface area contributed by atoms with E-state index in [4.69, 9.17) is 21.0 Å². The van der Waals surface area contributed by atoms with Gasteiger partial charge in [-0.3, -0.25) is 14.2 Å². The number of fused-ring (bicyclic) bond motifs is 3. The van der Waals surface area contributed by atoms with Crippen molar-refractivity contribution in [1.29, 1.82) is 0 Å². The zero-order valence-electron chi connectivity index (χ0n) is 17.6. The second-order valence-electron chi connectivity index (χ2n) is 7.73. The van der Waals surface area contributed by atoms with Crippen LogP contribution < -0.4 is 5.56 Å². The van der Waals surface area contributed by atoms with Gasteiger partial charge in [0.1, 0.15) is 16.4 Å². The van der Waals surface area contributed by atoms with Crippen molar-refractivity contribution in [2.45, 2.75) is 37.3 Å². The van der Waals surface area contributed by atoms with Gasteiger partial charge < -0.3 is 9.32 Å². The van der Waals surface area contributed by atoms with Gasteiger partial charge in [0, 0.05) is 34.7 Å². The molecule has 1 aliphatic heterocycles. The van der Waals surface area contributed by atoms with Gasteiger partial charge in [0.2, 0.25) is 5.91 Å². The molecule has 4 heterocycles. The van der Waals surface area contributed by atoms with Crippen LogP contribution in [0.25, 0.3) is 10.2 Å². The van der Waals surface area contributed by atoms with Crippen molar-refractivity contribution < 1.29 is 13.6 Å². The van der Waals surface area contributed by atoms with Crippen molar-refractivity contribution >= 4 is 50.8 Å². The summed E-state index contributed by atoms with van der Waals surface area (Å²) < 4.78 is 21.4. The van der Waals surface area contributed by atoms with Crippen LogP contribution in [0.4, 0.5) is 4.39 Å². The highest BCUT2D eigenvalue weighted by Crippen LogP contribution is 2.35. The van der Waals surface area contributed by atoms with Crippen LogP contribution in [0.15, 0.2) is 51.0 Å². The fourth-order valence-electron chi connectivity index (χ4n) is 3.94. The van der Waals surface area contributed by atoms with Crippen LogP contribution in [-0.2, 0) is 30.1 Å². The van der Waals surface area contributed by atoms with Crippen LogP contribution in [0.3, 0.4) is 0 Å². The van der Waals surface area contributed by atoms with Gasteiger partial charge in [-0.25, -0.2) is 9.37 Å². The maximum absolute atomic E-state index is 14.3. The number of carbonyl (C=O) groups excluding carboxylic acids is 1. The van der Waals surface area contributed by atoms with E-state index in [0.717, 1.165) is 10.4 Å². The average molecular weight is 504 g/mol. The van der Waals surface area contributed by atoms with Crippen LogP contribution in [0.2, 0.25) is 5.02 Å². The quantitative estimate of drug-likeness (QED) is 0.280. The summed E-state index contributed by atoms with van der Waals surface area (Å²) in [5.41, 5.74) is 1.17. The van der Waals surface area contributed by atoms with Gasteiger partial charge >= 0.3 is 0 Å². The molecule has 170 valence electrons. The number of hydrogen-bond donors (Lipinski definition) is 0. The Kier molecular flexibility index (Phi) is 6.03. The van der Waals surface area contributed by atoms with E-state index in [9.17, 15) is 14.0 Å². The number of furan rings is 1. The maximum Gasteiger partial charge on any atom is 0.263 e. The fourth-order valence-corrected chi connectivity index (χ4v) is 6.56. The first kappa shape index (κ1) is 22.2. The summed E-state index contributed by atoms with van der Waals surface area (Å²) >= 11 is 8.89. The van der Waals surface area contributed by atoms with Gasteiger partial charge in [-0.15, -0.1) is 11.3 Å². The minimum Gasteiger partial charge on any atom is -0.467 e. The molecule has 0 bridgehead atoms. The summed E-state index contributed by atoms with van der Waals surface area (Å²) in [6, 6.07) is 8.13. The maximum atomic E-state index is 14.3. The zero-order chi connectivity index (χ0) is 23.1. The second-order valence-corrected chi connectivity index (χ2v) is 10.2. The number of thiophene rings is 1. The van der Waals surface area contributed by atoms with E-state index in [2.05, 4.69) is 0 Å². The minimum atomic E-state index is -0.396. The van der Waals surface area contributed by atoms with Crippen LogP contribution in [0.5, 0.6) is 0 Å². The lowest BCUT2D eigenvalue weighted by Gasteiger charge is -2.25. The first-order valence-corrected chi connectivity index (χ1v) is 12.5. The number of nitrogens with zero attached hydrogens (tertiary/aromatic N) is 3. The summed E-state index contributed by atoms with van der Waals surface area (Å²) in [6.45, 7) is 2.83. The number of benzene rings is 1. The molecular weight excluding hydrogens is 485 g/mol. The van der Waals surface area contributed by atoms with Gasteiger partial charge in [0.15, 0.2) is 5.16 Å². The van der Waals surface area contributed by atoms with Crippen LogP contribution in [0, 0.1) is 5.82 Å². The lowest BCUT2D eigenvalue weighted by molar-refractivity contribution is -0.129. The topological polar surface area (TPSA) is 68.3 Å². The fraction of sp³-hybridized carbons (Fsp3) is 0.261. The normalized spacial score (nSPS) is 13.5. The largest absolute Gasteiger partial charge is 0.467 e. The molecule has 1 amide bonds. The predicted molar refractivity (Wildman–Crippen MR) is 127 cm³/mol. The number of aromatic nitrogens is 2. The number of thioether (sulfide) groups is 1. The highest BCUT2D eigenvalue weighted by Gasteiger charge is 2.26. The molecule has 5 rings (SSSR count). The standard InChI is InChI=1S/C23H19ClFN3O3S2/c1-13(29)27-8-7-15-19(11-27)33-21-20(15)22(30)28(10-14-4-3-9-31-14)23(26-21)32-12-16-17(24)5-2-6-18(16)25/h2-6,9H,7-8,10-12H2,1H3. The number of halogens is 2. The Morgan fingerprint density at radius 1 is 1.33 bits per heavy atom. The lowest BCUT2D eigenvalue weighted by atomic mass is 10.1. The zero-order valence-corrected chi connectivity index (χ0v) is 20.0. The Labute approximate surface area is 202 Å². The molecular formula is C23H19ClFN3O3S2. The minimum absolute atomic E-state index is 0.0132. The second kappa shape index (κ2) is 8.96. The van der Waals surface area contributed by atoms with E-state index in [1.165, 1.54) is 29.2 Å². The third kappa shape index (κ3) is 4.20. The molecule has 0 radical (unpaired) electrons. The Bertz CT molecular complexity index is 1390. The number of hydrogen-bond acceptors (Lipinski definition) is 6. The summed E-state index contributed by atoms with van der Waals surface area (Å²) in [5, 5.41) is 1.39. The van der Waals surface area contributed by atoms with E-state index >= 15 is 0 Å². The number of carbonyl (C=O) groups is 1. The summed E-state index contributed by atoms with van der Waals surface area (Å²) in [6.07, 6.45) is 2.17. The lowest BCUT2D eigenvalue weighted by Crippen LogP contribution is -2.34. The van der Waals surface area contributed by atoms with E-state index in [-0.39, 0.29) is 23.8 Å². The number of amides is 1. The molecule has 0 atom stereocenters. The Morgan fingerprint density at radius 2 is 2.18 bits per heavy atom. The molecule has 0 unspecified atom stereocenters. The summed E-state index contributed by atoms with van der Waals surface area (Å²) in [4.78, 5) is 33.7. The molecule has 4 aromatic rings. The highest BCUT2D eigenvalue weighted by molar-refractivity contribution is 7.98. The van der Waals surface area contributed by atoms with Gasteiger partial charge in [-0.1, -0.05) is 29.4 Å². The first-order chi connectivity index (χ1) is 15.9. The van der Waals surface area contributed by atoms with Crippen LogP contribution in [-0.4, -0.2) is 26.9 Å². The highest BCUT2D eigenvalue weighted by atomic mass is 35.5. The van der Waals surface area contributed by atoms with E-state index in [1.54, 1.807) is 46.9 Å². The van der Waals surface area contributed by atoms with Gasteiger partial charge in [-0.05, 0) is 36.2 Å². The first-order valence-electron chi connectivity index (χ1n) is 10.3. The molecule has 1 aliphatic rings. The summed E-state index contributed by atoms with van der Waals surface area (Å²) in [5.74, 6) is 0.465. The molecule has 10 heteroatoms. The molecule has 0 saturated carbocycles. The third-order valence-corrected chi connectivity index (χ3v) is 8.14. The summed E-state index contributed by atoms with van der Waals surface area (Å²) in [7, 11) is 0. The molecule has 0 saturated heterocycles. The molecule has 0 aliphatic carbocycles. The number of rotatable bonds is 5. The van der Waals surface area contributed by atoms with Gasteiger partial charge in [-0.2, -0.15) is 0 Å². The van der Waals surface area contributed by atoms with E-state index in [0.29, 0.717) is 51.2 Å². The Morgan fingerprint density at radius 3 is 2.91 bits per heavy atom. The van der Waals surface area contributed by atoms with Crippen molar-refractivity contribution in [1.82, 2.24) is 14.5 Å². The average Bonchev–Trinajstić information content (AvgIpc) is 3.42. The smallest absolute Gasteiger partial charge is 0.263 e. The molecule has 1 aromatic carbocycles. The third-order valence-electron chi connectivity index (χ3n) is 5.67. The SMILES string of the molecule is CC(=O)N1CCc2c(sc3nc(SCc4c(F)cccc4Cl)n(Cc4ccco4)c(=O)c23)C1. The van der Waals surface area contributed by atoms with Crippen molar-refractivity contribution in [3.63, 3.8) is 0 Å². The monoisotopic (exact) mass is 503 g/mol. The van der Waals surface area contributed by atoms with E-state index < -0.39 is 5.82 Å². The molecule has 33 heavy (non-hydrogen) atoms. The molecule has 6 nitrogen and oxygen atoms in total. The molecule has 0 N–H and O–H groups in total. The van der Waals surface area contributed by atoms with Crippen molar-refractivity contribution in [3.8, 4) is 0 Å². The Balaban J connectivity index is 1.59. The predicted octanol–water partition coefficient (Wildman–Crippen LogP) is 5.09. The molecule has 0 spiro atoms. The van der Waals surface area contributed by atoms with Crippen molar-refractivity contribution in [3.05, 3.63) is 79.6 Å². The Hall–Kier alpha value is -2.62. The van der Waals surface area contributed by atoms with Crippen molar-refractivity contribution in [2.75, 3.05) is 6.54 Å². The van der Waals surface area contributed by atoms with Gasteiger partial charge in [0.05, 0.1) is 24.7 Å². The van der Waals surface area contributed by atoms with Crippen LogP contribution >= 0.6 is 34.7 Å². The van der Waals surface area contributed by atoms with Crippen LogP contribution in [0.1, 0.15) is 28.7 Å².